The largest absolute Gasteiger partial charge is 0.464 e. The van der Waals surface area contributed by atoms with Crippen molar-refractivity contribution in [3.05, 3.63) is 59.7 Å². The minimum absolute atomic E-state index is 0.172. The summed E-state index contributed by atoms with van der Waals surface area (Å²) in [5, 5.41) is 8.67. The first kappa shape index (κ1) is 16.0. The van der Waals surface area contributed by atoms with Crippen molar-refractivity contribution in [2.75, 3.05) is 0 Å². The van der Waals surface area contributed by atoms with Gasteiger partial charge in [0.2, 0.25) is 17.7 Å². The van der Waals surface area contributed by atoms with Gasteiger partial charge in [0.25, 0.3) is 0 Å². The van der Waals surface area contributed by atoms with E-state index < -0.39 is 12.6 Å². The highest BCUT2D eigenvalue weighted by atomic mass is 19.1. The number of carbonyl (C=O) groups is 1. The van der Waals surface area contributed by atoms with Crippen LogP contribution in [0.5, 0.6) is 0 Å². The molecule has 4 aromatic rings. The summed E-state index contributed by atoms with van der Waals surface area (Å²) in [4.78, 5) is 11.4. The smallest absolute Gasteiger partial charge is 0.249 e. The monoisotopic (exact) mass is 351 g/mol. The Balaban J connectivity index is 1.85. The molecule has 2 N–H and O–H groups in total. The van der Waals surface area contributed by atoms with Crippen molar-refractivity contribution in [1.82, 2.24) is 10.2 Å². The minimum atomic E-state index is -0.783. The van der Waals surface area contributed by atoms with Crippen LogP contribution in [-0.4, -0.2) is 16.1 Å². The minimum Gasteiger partial charge on any atom is -0.464 e. The molecule has 0 aliphatic rings. The van der Waals surface area contributed by atoms with E-state index in [1.807, 2.05) is 18.2 Å². The molecule has 4 rings (SSSR count). The SMILES string of the molecule is Cc1nnc(-c2ccc3occ(-c4ccc(C(N)=O)c(CF)c4)c3c2)o1. The number of hydrogen-bond acceptors (Lipinski definition) is 5. The quantitative estimate of drug-likeness (QED) is 0.599. The second kappa shape index (κ2) is 6.11. The fourth-order valence-electron chi connectivity index (χ4n) is 2.91. The lowest BCUT2D eigenvalue weighted by Gasteiger charge is -2.06. The van der Waals surface area contributed by atoms with E-state index in [9.17, 15) is 9.18 Å². The molecule has 0 spiro atoms. The van der Waals surface area contributed by atoms with E-state index in [2.05, 4.69) is 10.2 Å². The van der Waals surface area contributed by atoms with E-state index in [-0.39, 0.29) is 11.1 Å². The van der Waals surface area contributed by atoms with Crippen molar-refractivity contribution in [3.8, 4) is 22.6 Å². The van der Waals surface area contributed by atoms with Crippen molar-refractivity contribution < 1.29 is 18.0 Å². The average Bonchev–Trinajstić information content (AvgIpc) is 3.26. The maximum atomic E-state index is 13.3. The zero-order chi connectivity index (χ0) is 18.3. The van der Waals surface area contributed by atoms with Crippen molar-refractivity contribution in [1.29, 1.82) is 0 Å². The Morgan fingerprint density at radius 1 is 1.15 bits per heavy atom. The molecule has 2 aromatic heterocycles. The fraction of sp³-hybridized carbons (Fsp3) is 0.105. The van der Waals surface area contributed by atoms with Crippen LogP contribution < -0.4 is 5.73 Å². The third-order valence-corrected chi connectivity index (χ3v) is 4.17. The van der Waals surface area contributed by atoms with E-state index >= 15 is 0 Å². The first-order valence-corrected chi connectivity index (χ1v) is 7.87. The molecule has 0 saturated heterocycles. The highest BCUT2D eigenvalue weighted by Gasteiger charge is 2.15. The van der Waals surface area contributed by atoms with Crippen LogP contribution in [0.15, 0.2) is 51.5 Å². The Labute approximate surface area is 147 Å². The Hall–Kier alpha value is -3.48. The van der Waals surface area contributed by atoms with Gasteiger partial charge in [-0.05, 0) is 41.5 Å². The van der Waals surface area contributed by atoms with Gasteiger partial charge >= 0.3 is 0 Å². The van der Waals surface area contributed by atoms with Crippen molar-refractivity contribution >= 4 is 16.9 Å². The zero-order valence-electron chi connectivity index (χ0n) is 13.8. The number of alkyl halides is 1. The number of fused-ring (bicyclic) bond motifs is 1. The summed E-state index contributed by atoms with van der Waals surface area (Å²) in [5.74, 6) is 0.225. The van der Waals surface area contributed by atoms with Gasteiger partial charge < -0.3 is 14.6 Å². The molecule has 130 valence electrons. The van der Waals surface area contributed by atoms with Crippen molar-refractivity contribution in [2.24, 2.45) is 5.73 Å². The number of rotatable bonds is 4. The molecule has 0 unspecified atom stereocenters. The van der Waals surface area contributed by atoms with Crippen LogP contribution in [0.1, 0.15) is 21.8 Å². The summed E-state index contributed by atoms with van der Waals surface area (Å²) in [6.07, 6.45) is 1.59. The molecule has 1 amide bonds. The number of nitrogens with zero attached hydrogens (tertiary/aromatic N) is 2. The molecule has 0 bridgehead atoms. The van der Waals surface area contributed by atoms with E-state index in [4.69, 9.17) is 14.6 Å². The fourth-order valence-corrected chi connectivity index (χ4v) is 2.91. The van der Waals surface area contributed by atoms with Gasteiger partial charge in [-0.25, -0.2) is 4.39 Å². The lowest BCUT2D eigenvalue weighted by molar-refractivity contribution is 0.0998. The summed E-state index contributed by atoms with van der Waals surface area (Å²) >= 11 is 0. The number of primary amides is 1. The number of halogens is 1. The molecular weight excluding hydrogens is 337 g/mol. The van der Waals surface area contributed by atoms with Gasteiger partial charge in [0.1, 0.15) is 12.3 Å². The lowest BCUT2D eigenvalue weighted by Crippen LogP contribution is -2.13. The predicted molar refractivity (Wildman–Crippen MR) is 93.0 cm³/mol. The summed E-state index contributed by atoms with van der Waals surface area (Å²) in [6, 6.07) is 10.4. The van der Waals surface area contributed by atoms with Crippen LogP contribution in [0.2, 0.25) is 0 Å². The van der Waals surface area contributed by atoms with E-state index in [0.29, 0.717) is 17.4 Å². The average molecular weight is 351 g/mol. The van der Waals surface area contributed by atoms with Crippen molar-refractivity contribution in [3.63, 3.8) is 0 Å². The summed E-state index contributed by atoms with van der Waals surface area (Å²) < 4.78 is 24.4. The molecule has 6 nitrogen and oxygen atoms in total. The maximum Gasteiger partial charge on any atom is 0.249 e. The van der Waals surface area contributed by atoms with E-state index in [1.165, 1.54) is 6.07 Å². The Morgan fingerprint density at radius 2 is 1.96 bits per heavy atom. The highest BCUT2D eigenvalue weighted by molar-refractivity contribution is 5.98. The van der Waals surface area contributed by atoms with Crippen LogP contribution in [-0.2, 0) is 6.67 Å². The number of nitrogens with two attached hydrogens (primary N) is 1. The summed E-state index contributed by atoms with van der Waals surface area (Å²) in [5.41, 5.74) is 8.61. The molecular formula is C19H14FN3O3. The topological polar surface area (TPSA) is 95.1 Å². The number of amides is 1. The van der Waals surface area contributed by atoms with Gasteiger partial charge in [0.05, 0.1) is 6.26 Å². The zero-order valence-corrected chi connectivity index (χ0v) is 13.8. The van der Waals surface area contributed by atoms with Gasteiger partial charge in [-0.15, -0.1) is 10.2 Å². The van der Waals surface area contributed by atoms with E-state index in [0.717, 1.165) is 22.1 Å². The van der Waals surface area contributed by atoms with Crippen LogP contribution in [0, 0.1) is 6.92 Å². The van der Waals surface area contributed by atoms with Gasteiger partial charge in [0.15, 0.2) is 0 Å². The predicted octanol–water partition coefficient (Wildman–Crippen LogP) is 4.03. The maximum absolute atomic E-state index is 13.3. The lowest BCUT2D eigenvalue weighted by atomic mass is 9.98. The third kappa shape index (κ3) is 2.63. The number of hydrogen-bond donors (Lipinski definition) is 1. The standard InChI is InChI=1S/C19H14FN3O3/c1-10-22-23-19(26-10)12-3-5-17-15(7-12)16(9-25-17)11-2-4-14(18(21)24)13(6-11)8-20/h2-7,9H,8H2,1H3,(H2,21,24). The molecule has 7 heteroatoms. The first-order chi connectivity index (χ1) is 12.6. The molecule has 2 aromatic carbocycles. The number of aryl methyl sites for hydroxylation is 1. The molecule has 0 aliphatic carbocycles. The molecule has 0 atom stereocenters. The number of furan rings is 1. The van der Waals surface area contributed by atoms with Crippen LogP contribution in [0.4, 0.5) is 4.39 Å². The highest BCUT2D eigenvalue weighted by Crippen LogP contribution is 2.34. The van der Waals surface area contributed by atoms with Gasteiger partial charge in [0, 0.05) is 29.0 Å². The molecule has 0 aliphatic heterocycles. The molecule has 0 saturated carbocycles. The summed E-state index contributed by atoms with van der Waals surface area (Å²) in [6.45, 7) is 0.936. The van der Waals surface area contributed by atoms with Crippen LogP contribution >= 0.6 is 0 Å². The molecule has 26 heavy (non-hydrogen) atoms. The Bertz CT molecular complexity index is 1130. The Morgan fingerprint density at radius 3 is 2.65 bits per heavy atom. The number of aromatic nitrogens is 2. The Kier molecular flexibility index (Phi) is 3.76. The number of carbonyl (C=O) groups excluding carboxylic acids is 1. The van der Waals surface area contributed by atoms with Gasteiger partial charge in [-0.1, -0.05) is 6.07 Å². The van der Waals surface area contributed by atoms with Gasteiger partial charge in [-0.2, -0.15) is 0 Å². The molecule has 0 fully saturated rings. The second-order valence-corrected chi connectivity index (χ2v) is 5.86. The normalized spacial score (nSPS) is 11.2. The number of benzene rings is 2. The first-order valence-electron chi connectivity index (χ1n) is 7.87. The van der Waals surface area contributed by atoms with Crippen LogP contribution in [0.25, 0.3) is 33.6 Å². The van der Waals surface area contributed by atoms with Crippen LogP contribution in [0.3, 0.4) is 0 Å². The molecule has 2 heterocycles. The third-order valence-electron chi connectivity index (χ3n) is 4.17. The van der Waals surface area contributed by atoms with Gasteiger partial charge in [-0.3, -0.25) is 4.79 Å². The summed E-state index contributed by atoms with van der Waals surface area (Å²) in [7, 11) is 0. The second-order valence-electron chi connectivity index (χ2n) is 5.86. The van der Waals surface area contributed by atoms with E-state index in [1.54, 1.807) is 25.3 Å². The van der Waals surface area contributed by atoms with Crippen molar-refractivity contribution in [2.45, 2.75) is 13.6 Å². The molecule has 0 radical (unpaired) electrons.